The Balaban J connectivity index is 2.85. The number of furan rings is 1. The van der Waals surface area contributed by atoms with Gasteiger partial charge in [0.1, 0.15) is 11.7 Å². The number of nitrogens with zero attached hydrogens (tertiary/aromatic N) is 1. The molecule has 1 atom stereocenters. The van der Waals surface area contributed by atoms with Crippen LogP contribution in [0.15, 0.2) is 21.2 Å². The van der Waals surface area contributed by atoms with Gasteiger partial charge in [0.15, 0.2) is 4.67 Å². The van der Waals surface area contributed by atoms with Crippen LogP contribution in [-0.2, 0) is 9.53 Å². The third kappa shape index (κ3) is 3.35. The summed E-state index contributed by atoms with van der Waals surface area (Å²) in [5, 5.41) is 0. The number of esters is 1. The van der Waals surface area contributed by atoms with E-state index in [0.717, 1.165) is 0 Å². The minimum absolute atomic E-state index is 0.287. The molecule has 0 fully saturated rings. The quantitative estimate of drug-likeness (QED) is 0.787. The average Bonchev–Trinajstić information content (AvgIpc) is 2.59. The number of rotatable bonds is 4. The van der Waals surface area contributed by atoms with Gasteiger partial charge in [-0.15, -0.1) is 0 Å². The van der Waals surface area contributed by atoms with Crippen molar-refractivity contribution in [3.63, 3.8) is 0 Å². The van der Waals surface area contributed by atoms with Crippen LogP contribution in [0.5, 0.6) is 0 Å². The molecule has 1 unspecified atom stereocenters. The molecule has 0 saturated carbocycles. The van der Waals surface area contributed by atoms with Crippen LogP contribution in [0.3, 0.4) is 0 Å². The van der Waals surface area contributed by atoms with Gasteiger partial charge in [0.2, 0.25) is 0 Å². The van der Waals surface area contributed by atoms with Crippen molar-refractivity contribution in [3.8, 4) is 0 Å². The summed E-state index contributed by atoms with van der Waals surface area (Å²) in [4.78, 5) is 13.4. The molecule has 0 aliphatic rings. The smallest absolute Gasteiger partial charge is 0.317 e. The van der Waals surface area contributed by atoms with Crippen LogP contribution >= 0.6 is 15.9 Å². The fourth-order valence-corrected chi connectivity index (χ4v) is 1.62. The van der Waals surface area contributed by atoms with Crippen molar-refractivity contribution in [3.05, 3.63) is 22.6 Å². The molecule has 0 amide bonds. The lowest BCUT2D eigenvalue weighted by atomic mass is 10.1. The Morgan fingerprint density at radius 2 is 2.27 bits per heavy atom. The molecule has 0 aliphatic heterocycles. The van der Waals surface area contributed by atoms with Gasteiger partial charge in [0, 0.05) is 6.54 Å². The van der Waals surface area contributed by atoms with Gasteiger partial charge >= 0.3 is 5.97 Å². The van der Waals surface area contributed by atoms with Crippen LogP contribution < -0.4 is 0 Å². The Bertz CT molecular complexity index is 335. The molecule has 0 bridgehead atoms. The molecule has 0 radical (unpaired) electrons. The fraction of sp³-hybridized carbons (Fsp3) is 0.500. The summed E-state index contributed by atoms with van der Waals surface area (Å²) in [7, 11) is 5.17. The van der Waals surface area contributed by atoms with Gasteiger partial charge < -0.3 is 14.1 Å². The molecular weight excluding hydrogens is 262 g/mol. The molecule has 1 heterocycles. The normalized spacial score (nSPS) is 12.9. The Morgan fingerprint density at radius 1 is 1.60 bits per heavy atom. The summed E-state index contributed by atoms with van der Waals surface area (Å²) in [6, 6.07) is 3.54. The summed E-state index contributed by atoms with van der Waals surface area (Å²) in [5.41, 5.74) is 0. The first-order valence-electron chi connectivity index (χ1n) is 4.52. The number of likely N-dealkylation sites (N-methyl/N-ethyl adjacent to an activating group) is 1. The van der Waals surface area contributed by atoms with E-state index < -0.39 is 0 Å². The first-order valence-corrected chi connectivity index (χ1v) is 5.31. The van der Waals surface area contributed by atoms with E-state index in [2.05, 4.69) is 15.9 Å². The topological polar surface area (TPSA) is 42.7 Å². The van der Waals surface area contributed by atoms with Crippen LogP contribution in [0.2, 0.25) is 0 Å². The highest BCUT2D eigenvalue weighted by Gasteiger charge is 2.25. The zero-order valence-electron chi connectivity index (χ0n) is 8.99. The second-order valence-corrected chi connectivity index (χ2v) is 4.26. The Morgan fingerprint density at radius 3 is 2.67 bits per heavy atom. The minimum atomic E-state index is -0.378. The molecule has 84 valence electrons. The highest BCUT2D eigenvalue weighted by molar-refractivity contribution is 9.10. The van der Waals surface area contributed by atoms with Crippen molar-refractivity contribution >= 4 is 21.9 Å². The van der Waals surface area contributed by atoms with E-state index in [1.165, 1.54) is 7.11 Å². The lowest BCUT2D eigenvalue weighted by molar-refractivity contribution is -0.143. The number of carbonyl (C=O) groups excluding carboxylic acids is 1. The average molecular weight is 276 g/mol. The highest BCUT2D eigenvalue weighted by atomic mass is 79.9. The predicted molar refractivity (Wildman–Crippen MR) is 59.7 cm³/mol. The highest BCUT2D eigenvalue weighted by Crippen LogP contribution is 2.23. The van der Waals surface area contributed by atoms with Crippen molar-refractivity contribution in [2.75, 3.05) is 27.7 Å². The molecule has 5 heteroatoms. The maximum Gasteiger partial charge on any atom is 0.317 e. The fourth-order valence-electron chi connectivity index (χ4n) is 1.30. The number of hydrogen-bond acceptors (Lipinski definition) is 4. The van der Waals surface area contributed by atoms with Crippen molar-refractivity contribution in [1.82, 2.24) is 4.90 Å². The van der Waals surface area contributed by atoms with Crippen LogP contribution in [-0.4, -0.2) is 38.6 Å². The van der Waals surface area contributed by atoms with E-state index in [4.69, 9.17) is 9.15 Å². The molecule has 0 saturated heterocycles. The zero-order valence-corrected chi connectivity index (χ0v) is 10.6. The summed E-state index contributed by atoms with van der Waals surface area (Å²) < 4.78 is 10.7. The SMILES string of the molecule is COC(=O)C(CN(C)C)c1ccc(Br)o1. The van der Waals surface area contributed by atoms with Gasteiger partial charge in [-0.05, 0) is 42.2 Å². The molecular formula is C10H14BrNO3. The number of methoxy groups -OCH3 is 1. The van der Waals surface area contributed by atoms with Crippen LogP contribution in [0.4, 0.5) is 0 Å². The van der Waals surface area contributed by atoms with Gasteiger partial charge in [0.05, 0.1) is 7.11 Å². The molecule has 1 rings (SSSR count). The number of hydrogen-bond donors (Lipinski definition) is 0. The maximum atomic E-state index is 11.5. The van der Waals surface area contributed by atoms with Crippen molar-refractivity contribution in [2.24, 2.45) is 0 Å². The Hall–Kier alpha value is -0.810. The molecule has 15 heavy (non-hydrogen) atoms. The summed E-state index contributed by atoms with van der Waals surface area (Å²) in [6.45, 7) is 0.562. The third-order valence-electron chi connectivity index (χ3n) is 1.97. The van der Waals surface area contributed by atoms with Crippen LogP contribution in [0.25, 0.3) is 0 Å². The van der Waals surface area contributed by atoms with E-state index >= 15 is 0 Å². The molecule has 0 N–H and O–H groups in total. The Labute approximate surface area is 97.3 Å². The molecule has 1 aromatic rings. The van der Waals surface area contributed by atoms with Gasteiger partial charge in [-0.3, -0.25) is 4.79 Å². The predicted octanol–water partition coefficient (Wildman–Crippen LogP) is 1.86. The largest absolute Gasteiger partial charge is 0.468 e. The summed E-state index contributed by atoms with van der Waals surface area (Å²) in [5.74, 6) is -0.0516. The van der Waals surface area contributed by atoms with E-state index in [1.54, 1.807) is 12.1 Å². The number of ether oxygens (including phenoxy) is 1. The Kier molecular flexibility index (Phi) is 4.35. The second kappa shape index (κ2) is 5.32. The van der Waals surface area contributed by atoms with E-state index in [1.807, 2.05) is 19.0 Å². The molecule has 0 aliphatic carbocycles. The zero-order chi connectivity index (χ0) is 11.4. The maximum absolute atomic E-state index is 11.5. The lowest BCUT2D eigenvalue weighted by Gasteiger charge is -2.16. The monoisotopic (exact) mass is 275 g/mol. The molecule has 0 spiro atoms. The van der Waals surface area contributed by atoms with Crippen LogP contribution in [0.1, 0.15) is 11.7 Å². The third-order valence-corrected chi connectivity index (χ3v) is 2.40. The van der Waals surface area contributed by atoms with E-state index in [9.17, 15) is 4.79 Å². The molecule has 1 aromatic heterocycles. The standard InChI is InChI=1S/C10H14BrNO3/c1-12(2)6-7(10(13)14-3)8-4-5-9(11)15-8/h4-5,7H,6H2,1-3H3. The van der Waals surface area contributed by atoms with Gasteiger partial charge in [-0.25, -0.2) is 0 Å². The lowest BCUT2D eigenvalue weighted by Crippen LogP contribution is -2.26. The first kappa shape index (κ1) is 12.3. The molecule has 4 nitrogen and oxygen atoms in total. The van der Waals surface area contributed by atoms with E-state index in [0.29, 0.717) is 17.0 Å². The van der Waals surface area contributed by atoms with Crippen molar-refractivity contribution in [1.29, 1.82) is 0 Å². The summed E-state index contributed by atoms with van der Waals surface area (Å²) in [6.07, 6.45) is 0. The molecule has 0 aromatic carbocycles. The minimum Gasteiger partial charge on any atom is -0.468 e. The summed E-state index contributed by atoms with van der Waals surface area (Å²) >= 11 is 3.21. The van der Waals surface area contributed by atoms with Gasteiger partial charge in [0.25, 0.3) is 0 Å². The van der Waals surface area contributed by atoms with Gasteiger partial charge in [-0.2, -0.15) is 0 Å². The van der Waals surface area contributed by atoms with E-state index in [-0.39, 0.29) is 11.9 Å². The second-order valence-electron chi connectivity index (χ2n) is 3.48. The first-order chi connectivity index (χ1) is 7.04. The number of halogens is 1. The van der Waals surface area contributed by atoms with Crippen LogP contribution in [0, 0.1) is 0 Å². The van der Waals surface area contributed by atoms with Gasteiger partial charge in [-0.1, -0.05) is 0 Å². The van der Waals surface area contributed by atoms with Crippen molar-refractivity contribution < 1.29 is 13.9 Å². The van der Waals surface area contributed by atoms with Crippen molar-refractivity contribution in [2.45, 2.75) is 5.92 Å². The number of carbonyl (C=O) groups is 1.